The van der Waals surface area contributed by atoms with E-state index in [1.54, 1.807) is 11.8 Å². The van der Waals surface area contributed by atoms with Crippen LogP contribution < -0.4 is 4.90 Å². The smallest absolute Gasteiger partial charge is 0.223 e. The number of hydrogen-bond acceptors (Lipinski definition) is 5. The molecular formula is C25H30N4O3S. The molecule has 1 aliphatic rings. The maximum absolute atomic E-state index is 12.5. The summed E-state index contributed by atoms with van der Waals surface area (Å²) in [7, 11) is -3.34. The number of para-hydroxylation sites is 2. The molecule has 0 radical (unpaired) electrons. The summed E-state index contributed by atoms with van der Waals surface area (Å²) in [5.41, 5.74) is 3.95. The number of rotatable bonds is 3. The molecule has 174 valence electrons. The maximum Gasteiger partial charge on any atom is 0.223 e. The van der Waals surface area contributed by atoms with Crippen molar-refractivity contribution in [3.63, 3.8) is 0 Å². The van der Waals surface area contributed by atoms with Gasteiger partial charge in [-0.05, 0) is 35.7 Å². The van der Waals surface area contributed by atoms with E-state index in [1.807, 2.05) is 54.7 Å². The molecule has 4 rings (SSSR count). The summed E-state index contributed by atoms with van der Waals surface area (Å²) >= 11 is 0. The second-order valence-corrected chi connectivity index (χ2v) is 10.5. The Morgan fingerprint density at radius 1 is 1.00 bits per heavy atom. The van der Waals surface area contributed by atoms with Crippen LogP contribution >= 0.6 is 0 Å². The van der Waals surface area contributed by atoms with E-state index in [-0.39, 0.29) is 5.91 Å². The van der Waals surface area contributed by atoms with Crippen LogP contribution in [0.1, 0.15) is 24.5 Å². The molecule has 0 saturated carbocycles. The van der Waals surface area contributed by atoms with Gasteiger partial charge in [0.05, 0.1) is 11.8 Å². The molecule has 0 spiro atoms. The minimum Gasteiger partial charge on any atom is -0.312 e. The highest BCUT2D eigenvalue weighted by molar-refractivity contribution is 7.88. The number of sulfonamides is 1. The zero-order chi connectivity index (χ0) is 23.4. The molecule has 1 amide bonds. The Morgan fingerprint density at radius 2 is 1.76 bits per heavy atom. The van der Waals surface area contributed by atoms with Crippen LogP contribution in [0.2, 0.25) is 0 Å². The summed E-state index contributed by atoms with van der Waals surface area (Å²) in [6, 6.07) is 18.1. The van der Waals surface area contributed by atoms with Gasteiger partial charge in [0.15, 0.2) is 0 Å². The van der Waals surface area contributed by atoms with Crippen molar-refractivity contribution in [1.29, 1.82) is 0 Å². The molecule has 0 N–H and O–H groups in total. The van der Waals surface area contributed by atoms with Crippen molar-refractivity contribution in [3.05, 3.63) is 71.9 Å². The van der Waals surface area contributed by atoms with E-state index in [0.717, 1.165) is 27.7 Å². The topological polar surface area (TPSA) is 73.8 Å². The first kappa shape index (κ1) is 23.4. The number of amides is 1. The summed E-state index contributed by atoms with van der Waals surface area (Å²) in [4.78, 5) is 21.0. The largest absolute Gasteiger partial charge is 0.312 e. The second-order valence-electron chi connectivity index (χ2n) is 8.56. The van der Waals surface area contributed by atoms with Crippen LogP contribution in [0.3, 0.4) is 0 Å². The molecule has 33 heavy (non-hydrogen) atoms. The lowest BCUT2D eigenvalue weighted by molar-refractivity contribution is -0.116. The molecule has 7 nitrogen and oxygen atoms in total. The Kier molecular flexibility index (Phi) is 7.07. The lowest BCUT2D eigenvalue weighted by atomic mass is 10.1. The molecule has 0 bridgehead atoms. The van der Waals surface area contributed by atoms with E-state index < -0.39 is 10.0 Å². The van der Waals surface area contributed by atoms with Crippen LogP contribution in [-0.2, 0) is 27.9 Å². The lowest BCUT2D eigenvalue weighted by Gasteiger charge is -2.27. The fourth-order valence-electron chi connectivity index (χ4n) is 4.37. The average Bonchev–Trinajstić information content (AvgIpc) is 2.81. The minimum atomic E-state index is -3.34. The van der Waals surface area contributed by atoms with Crippen LogP contribution in [0.5, 0.6) is 0 Å². The van der Waals surface area contributed by atoms with E-state index in [9.17, 15) is 13.2 Å². The van der Waals surface area contributed by atoms with E-state index in [4.69, 9.17) is 0 Å². The predicted molar refractivity (Wildman–Crippen MR) is 131 cm³/mol. The summed E-state index contributed by atoms with van der Waals surface area (Å²) in [6.45, 7) is 4.64. The molecule has 1 aromatic heterocycles. The number of benzene rings is 2. The SMILES string of the molecule is CC(=O)N1CCCN(S(C)(=O)=O)CCN(Cc2cnc3ccccc3c2)Cc2ccccc21. The molecule has 0 saturated heterocycles. The highest BCUT2D eigenvalue weighted by Gasteiger charge is 2.23. The molecule has 0 fully saturated rings. The van der Waals surface area contributed by atoms with Gasteiger partial charge >= 0.3 is 0 Å². The van der Waals surface area contributed by atoms with Gasteiger partial charge in [0.2, 0.25) is 15.9 Å². The van der Waals surface area contributed by atoms with Crippen molar-refractivity contribution in [1.82, 2.24) is 14.2 Å². The van der Waals surface area contributed by atoms with Gasteiger partial charge in [-0.15, -0.1) is 0 Å². The number of anilines is 1. The monoisotopic (exact) mass is 466 g/mol. The molecule has 0 atom stereocenters. The fourth-order valence-corrected chi connectivity index (χ4v) is 5.25. The number of aromatic nitrogens is 1. The molecule has 2 aromatic carbocycles. The first-order chi connectivity index (χ1) is 15.8. The number of carbonyl (C=O) groups is 1. The van der Waals surface area contributed by atoms with Crippen LogP contribution in [0.15, 0.2) is 60.8 Å². The minimum absolute atomic E-state index is 0.0436. The third-order valence-corrected chi connectivity index (χ3v) is 7.34. The van der Waals surface area contributed by atoms with E-state index in [1.165, 1.54) is 10.6 Å². The summed E-state index contributed by atoms with van der Waals surface area (Å²) < 4.78 is 26.3. The van der Waals surface area contributed by atoms with Crippen molar-refractivity contribution in [2.75, 3.05) is 37.3 Å². The second kappa shape index (κ2) is 9.99. The van der Waals surface area contributed by atoms with Crippen molar-refractivity contribution >= 4 is 32.5 Å². The Hall–Kier alpha value is -2.81. The number of pyridine rings is 1. The Bertz CT molecular complexity index is 1250. The molecule has 0 unspecified atom stereocenters. The summed E-state index contributed by atoms with van der Waals surface area (Å²) in [5.74, 6) is -0.0436. The standard InChI is InChI=1S/C25H30N4O3S/c1-20(30)29-13-7-12-28(33(2,31)32)15-14-27(19-23-9-4-6-11-25(23)29)18-21-16-22-8-3-5-10-24(22)26-17-21/h3-6,8-11,16-17H,7,12-15,18-19H2,1-2H3. The van der Waals surface area contributed by atoms with E-state index >= 15 is 0 Å². The lowest BCUT2D eigenvalue weighted by Crippen LogP contribution is -2.39. The van der Waals surface area contributed by atoms with Crippen LogP contribution in [-0.4, -0.2) is 60.9 Å². The molecular weight excluding hydrogens is 436 g/mol. The van der Waals surface area contributed by atoms with Gasteiger partial charge in [-0.3, -0.25) is 14.7 Å². The summed E-state index contributed by atoms with van der Waals surface area (Å²) in [5, 5.41) is 1.08. The Balaban J connectivity index is 1.68. The normalized spacial score (nSPS) is 16.8. The molecule has 2 heterocycles. The van der Waals surface area contributed by atoms with Gasteiger partial charge in [0, 0.05) is 63.5 Å². The molecule has 8 heteroatoms. The number of carbonyl (C=O) groups excluding carboxylic acids is 1. The molecule has 1 aliphatic heterocycles. The number of nitrogens with zero attached hydrogens (tertiary/aromatic N) is 4. The Morgan fingerprint density at radius 3 is 2.55 bits per heavy atom. The van der Waals surface area contributed by atoms with Gasteiger partial charge in [-0.1, -0.05) is 36.4 Å². The van der Waals surface area contributed by atoms with Crippen molar-refractivity contribution in [3.8, 4) is 0 Å². The zero-order valence-electron chi connectivity index (χ0n) is 19.1. The van der Waals surface area contributed by atoms with Gasteiger partial charge in [0.25, 0.3) is 0 Å². The van der Waals surface area contributed by atoms with Crippen LogP contribution in [0, 0.1) is 0 Å². The van der Waals surface area contributed by atoms with Crippen LogP contribution in [0.25, 0.3) is 10.9 Å². The summed E-state index contributed by atoms with van der Waals surface area (Å²) in [6.07, 6.45) is 3.72. The predicted octanol–water partition coefficient (Wildman–Crippen LogP) is 3.26. The van der Waals surface area contributed by atoms with Crippen LogP contribution in [0.4, 0.5) is 5.69 Å². The zero-order valence-corrected chi connectivity index (χ0v) is 20.0. The molecule has 0 aliphatic carbocycles. The van der Waals surface area contributed by atoms with Gasteiger partial charge in [-0.25, -0.2) is 12.7 Å². The highest BCUT2D eigenvalue weighted by Crippen LogP contribution is 2.25. The van der Waals surface area contributed by atoms with Crippen molar-refractivity contribution < 1.29 is 13.2 Å². The van der Waals surface area contributed by atoms with Gasteiger partial charge in [-0.2, -0.15) is 0 Å². The number of hydrogen-bond donors (Lipinski definition) is 0. The van der Waals surface area contributed by atoms with Crippen molar-refractivity contribution in [2.24, 2.45) is 0 Å². The van der Waals surface area contributed by atoms with Gasteiger partial charge in [0.1, 0.15) is 0 Å². The first-order valence-electron chi connectivity index (χ1n) is 11.2. The maximum atomic E-state index is 12.5. The quantitative estimate of drug-likeness (QED) is 0.592. The first-order valence-corrected chi connectivity index (χ1v) is 13.0. The fraction of sp³-hybridized carbons (Fsp3) is 0.360. The van der Waals surface area contributed by atoms with E-state index in [2.05, 4.69) is 16.0 Å². The molecule has 3 aromatic rings. The Labute approximate surface area is 195 Å². The third kappa shape index (κ3) is 5.76. The van der Waals surface area contributed by atoms with Gasteiger partial charge < -0.3 is 4.90 Å². The third-order valence-electron chi connectivity index (χ3n) is 6.03. The average molecular weight is 467 g/mol. The number of fused-ring (bicyclic) bond motifs is 2. The highest BCUT2D eigenvalue weighted by atomic mass is 32.2. The van der Waals surface area contributed by atoms with Crippen molar-refractivity contribution in [2.45, 2.75) is 26.4 Å². The van der Waals surface area contributed by atoms with E-state index in [0.29, 0.717) is 45.7 Å².